The minimum atomic E-state index is -0.269. The molecule has 5 heteroatoms. The second-order valence-electron chi connectivity index (χ2n) is 5.24. The molecule has 1 saturated heterocycles. The van der Waals surface area contributed by atoms with Crippen LogP contribution in [0.25, 0.3) is 0 Å². The van der Waals surface area contributed by atoms with E-state index in [2.05, 4.69) is 5.92 Å². The summed E-state index contributed by atoms with van der Waals surface area (Å²) in [6.07, 6.45) is 7.02. The van der Waals surface area contributed by atoms with E-state index in [0.717, 1.165) is 6.42 Å². The molecular formula is C17H21FN2O2. The van der Waals surface area contributed by atoms with Crippen LogP contribution in [-0.4, -0.2) is 44.1 Å². The van der Waals surface area contributed by atoms with Crippen LogP contribution in [0.3, 0.4) is 0 Å². The van der Waals surface area contributed by atoms with Gasteiger partial charge in [0.05, 0.1) is 12.8 Å². The Kier molecular flexibility index (Phi) is 5.65. The summed E-state index contributed by atoms with van der Waals surface area (Å²) in [5, 5.41) is 0. The molecule has 1 aliphatic heterocycles. The van der Waals surface area contributed by atoms with Gasteiger partial charge >= 0.3 is 0 Å². The molecule has 1 amide bonds. The van der Waals surface area contributed by atoms with Gasteiger partial charge in [-0.05, 0) is 18.6 Å². The summed E-state index contributed by atoms with van der Waals surface area (Å²) in [6, 6.07) is 4.70. The van der Waals surface area contributed by atoms with Gasteiger partial charge in [-0.15, -0.1) is 12.3 Å². The van der Waals surface area contributed by atoms with Crippen LogP contribution in [0.5, 0.6) is 5.75 Å². The molecule has 1 aromatic carbocycles. The van der Waals surface area contributed by atoms with E-state index in [-0.39, 0.29) is 11.7 Å². The molecule has 0 N–H and O–H groups in total. The predicted octanol–water partition coefficient (Wildman–Crippen LogP) is 2.29. The zero-order valence-electron chi connectivity index (χ0n) is 12.8. The smallest absolute Gasteiger partial charge is 0.222 e. The van der Waals surface area contributed by atoms with Crippen LogP contribution in [0.15, 0.2) is 18.2 Å². The van der Waals surface area contributed by atoms with Gasteiger partial charge in [0.25, 0.3) is 0 Å². The first-order valence-corrected chi connectivity index (χ1v) is 7.45. The SMILES string of the molecule is C#CCCCC(=O)N1CCN(c2cc(OC)ccc2F)CC1. The minimum Gasteiger partial charge on any atom is -0.497 e. The molecule has 1 aliphatic rings. The van der Waals surface area contributed by atoms with E-state index in [1.807, 2.05) is 9.80 Å². The molecule has 0 radical (unpaired) electrons. The van der Waals surface area contributed by atoms with Crippen molar-refractivity contribution in [3.63, 3.8) is 0 Å². The van der Waals surface area contributed by atoms with E-state index < -0.39 is 0 Å². The van der Waals surface area contributed by atoms with E-state index >= 15 is 0 Å². The van der Waals surface area contributed by atoms with E-state index in [9.17, 15) is 9.18 Å². The molecule has 0 spiro atoms. The number of piperazine rings is 1. The summed E-state index contributed by atoms with van der Waals surface area (Å²) < 4.78 is 19.1. The number of ether oxygens (including phenoxy) is 1. The second-order valence-corrected chi connectivity index (χ2v) is 5.24. The average Bonchev–Trinajstić information content (AvgIpc) is 2.55. The van der Waals surface area contributed by atoms with Crippen LogP contribution in [0.2, 0.25) is 0 Å². The lowest BCUT2D eigenvalue weighted by atomic mass is 10.2. The van der Waals surface area contributed by atoms with Crippen molar-refractivity contribution in [2.45, 2.75) is 19.3 Å². The molecule has 1 heterocycles. The van der Waals surface area contributed by atoms with Crippen molar-refractivity contribution in [2.24, 2.45) is 0 Å². The molecule has 1 aromatic rings. The van der Waals surface area contributed by atoms with E-state index in [0.29, 0.717) is 50.5 Å². The Morgan fingerprint density at radius 2 is 2.09 bits per heavy atom. The monoisotopic (exact) mass is 304 g/mol. The maximum Gasteiger partial charge on any atom is 0.222 e. The number of anilines is 1. The molecule has 0 saturated carbocycles. The Labute approximate surface area is 130 Å². The van der Waals surface area contributed by atoms with Crippen molar-refractivity contribution < 1.29 is 13.9 Å². The third-order valence-corrected chi connectivity index (χ3v) is 3.84. The number of hydrogen-bond acceptors (Lipinski definition) is 3. The van der Waals surface area contributed by atoms with Crippen molar-refractivity contribution >= 4 is 11.6 Å². The number of hydrogen-bond donors (Lipinski definition) is 0. The number of amides is 1. The van der Waals surface area contributed by atoms with Crippen LogP contribution in [0.4, 0.5) is 10.1 Å². The lowest BCUT2D eigenvalue weighted by Gasteiger charge is -2.36. The molecule has 22 heavy (non-hydrogen) atoms. The van der Waals surface area contributed by atoms with Crippen molar-refractivity contribution in [1.82, 2.24) is 4.90 Å². The van der Waals surface area contributed by atoms with Gasteiger partial charge in [0, 0.05) is 45.1 Å². The largest absolute Gasteiger partial charge is 0.497 e. The summed E-state index contributed by atoms with van der Waals surface area (Å²) in [7, 11) is 1.56. The van der Waals surface area contributed by atoms with Crippen molar-refractivity contribution in [3.8, 4) is 18.1 Å². The van der Waals surface area contributed by atoms with Crippen LogP contribution < -0.4 is 9.64 Å². The van der Waals surface area contributed by atoms with Crippen molar-refractivity contribution in [1.29, 1.82) is 0 Å². The number of halogens is 1. The van der Waals surface area contributed by atoms with E-state index in [1.54, 1.807) is 19.2 Å². The molecule has 118 valence electrons. The van der Waals surface area contributed by atoms with Gasteiger partial charge in [0.2, 0.25) is 5.91 Å². The lowest BCUT2D eigenvalue weighted by Crippen LogP contribution is -2.49. The Bertz CT molecular complexity index is 560. The Morgan fingerprint density at radius 1 is 1.36 bits per heavy atom. The number of benzene rings is 1. The summed E-state index contributed by atoms with van der Waals surface area (Å²) in [5.41, 5.74) is 0.527. The highest BCUT2D eigenvalue weighted by Gasteiger charge is 2.22. The highest BCUT2D eigenvalue weighted by atomic mass is 19.1. The van der Waals surface area contributed by atoms with Crippen LogP contribution >= 0.6 is 0 Å². The molecule has 1 fully saturated rings. The van der Waals surface area contributed by atoms with Gasteiger partial charge in [0.1, 0.15) is 11.6 Å². The van der Waals surface area contributed by atoms with Gasteiger partial charge in [-0.2, -0.15) is 0 Å². The molecular weight excluding hydrogens is 283 g/mol. The fraction of sp³-hybridized carbons (Fsp3) is 0.471. The Morgan fingerprint density at radius 3 is 2.73 bits per heavy atom. The van der Waals surface area contributed by atoms with Gasteiger partial charge in [0.15, 0.2) is 0 Å². The van der Waals surface area contributed by atoms with Gasteiger partial charge in [-0.25, -0.2) is 4.39 Å². The average molecular weight is 304 g/mol. The Balaban J connectivity index is 1.92. The standard InChI is InChI=1S/C17H21FN2O2/c1-3-4-5-6-17(21)20-11-9-19(10-12-20)16-13-14(22-2)7-8-15(16)18/h1,7-8,13H,4-6,9-12H2,2H3. The molecule has 0 aliphatic carbocycles. The summed E-state index contributed by atoms with van der Waals surface area (Å²) >= 11 is 0. The highest BCUT2D eigenvalue weighted by molar-refractivity contribution is 5.76. The maximum absolute atomic E-state index is 14.0. The quantitative estimate of drug-likeness (QED) is 0.618. The zero-order chi connectivity index (χ0) is 15.9. The molecule has 4 nitrogen and oxygen atoms in total. The predicted molar refractivity (Wildman–Crippen MR) is 84.4 cm³/mol. The third-order valence-electron chi connectivity index (χ3n) is 3.84. The maximum atomic E-state index is 14.0. The molecule has 2 rings (SSSR count). The number of rotatable bonds is 5. The molecule has 0 atom stereocenters. The first-order chi connectivity index (χ1) is 10.7. The summed E-state index contributed by atoms with van der Waals surface area (Å²) in [5.74, 6) is 3.03. The second kappa shape index (κ2) is 7.69. The fourth-order valence-electron chi connectivity index (χ4n) is 2.56. The van der Waals surface area contributed by atoms with E-state index in [4.69, 9.17) is 11.2 Å². The van der Waals surface area contributed by atoms with Crippen LogP contribution in [-0.2, 0) is 4.79 Å². The van der Waals surface area contributed by atoms with Crippen molar-refractivity contribution in [2.75, 3.05) is 38.2 Å². The van der Waals surface area contributed by atoms with Gasteiger partial charge < -0.3 is 14.5 Å². The summed E-state index contributed by atoms with van der Waals surface area (Å²) in [6.45, 7) is 2.44. The number of carbonyl (C=O) groups excluding carboxylic acids is 1. The molecule has 0 unspecified atom stereocenters. The number of terminal acetylenes is 1. The fourth-order valence-corrected chi connectivity index (χ4v) is 2.56. The Hall–Kier alpha value is -2.22. The zero-order valence-corrected chi connectivity index (χ0v) is 12.8. The number of methoxy groups -OCH3 is 1. The van der Waals surface area contributed by atoms with Gasteiger partial charge in [-0.3, -0.25) is 4.79 Å². The summed E-state index contributed by atoms with van der Waals surface area (Å²) in [4.78, 5) is 15.8. The lowest BCUT2D eigenvalue weighted by molar-refractivity contribution is -0.131. The first-order valence-electron chi connectivity index (χ1n) is 7.45. The molecule has 0 aromatic heterocycles. The third kappa shape index (κ3) is 3.91. The van der Waals surface area contributed by atoms with Crippen molar-refractivity contribution in [3.05, 3.63) is 24.0 Å². The minimum absolute atomic E-state index is 0.126. The number of nitrogens with zero attached hydrogens (tertiary/aromatic N) is 2. The van der Waals surface area contributed by atoms with E-state index in [1.165, 1.54) is 6.07 Å². The van der Waals surface area contributed by atoms with Crippen LogP contribution in [0.1, 0.15) is 19.3 Å². The van der Waals surface area contributed by atoms with Crippen LogP contribution in [0, 0.1) is 18.2 Å². The normalized spacial score (nSPS) is 14.6. The molecule has 0 bridgehead atoms. The number of carbonyl (C=O) groups is 1. The highest BCUT2D eigenvalue weighted by Crippen LogP contribution is 2.26. The first kappa shape index (κ1) is 16.2. The van der Waals surface area contributed by atoms with Gasteiger partial charge in [-0.1, -0.05) is 0 Å². The number of unbranched alkanes of at least 4 members (excludes halogenated alkanes) is 1. The topological polar surface area (TPSA) is 32.8 Å².